The number of nitro benzene ring substituents is 1. The van der Waals surface area contributed by atoms with Crippen LogP contribution < -0.4 is 4.74 Å². The Labute approximate surface area is 175 Å². The Morgan fingerprint density at radius 2 is 1.15 bits per heavy atom. The molecule has 0 aliphatic rings. The summed E-state index contributed by atoms with van der Waals surface area (Å²) in [6.07, 6.45) is -10.0. The lowest BCUT2D eigenvalue weighted by atomic mass is 9.93. The highest BCUT2D eigenvalue weighted by Gasteiger charge is 2.90. The maximum absolute atomic E-state index is 13.7. The SMILES string of the molecule is Cc1cc([N+](=O)[O-])cc(C)c1OCCC(F)(F)C(F)(F)C(F)(F)C(F)(F)C(F)(F)C(F)(F)F. The number of aryl methyl sites for hydroxylation is 2. The van der Waals surface area contributed by atoms with E-state index in [0.717, 1.165) is 26.0 Å². The van der Waals surface area contributed by atoms with Crippen molar-refractivity contribution in [2.24, 2.45) is 0 Å². The van der Waals surface area contributed by atoms with Crippen molar-refractivity contribution in [2.45, 2.75) is 56.1 Å². The highest BCUT2D eigenvalue weighted by Crippen LogP contribution is 2.60. The zero-order valence-corrected chi connectivity index (χ0v) is 16.2. The summed E-state index contributed by atoms with van der Waals surface area (Å²) in [7, 11) is 0. The molecule has 0 atom stereocenters. The Hall–Kier alpha value is -2.49. The topological polar surface area (TPSA) is 52.4 Å². The van der Waals surface area contributed by atoms with Crippen LogP contribution in [0.4, 0.5) is 62.8 Å². The zero-order valence-electron chi connectivity index (χ0n) is 16.2. The molecule has 0 saturated carbocycles. The summed E-state index contributed by atoms with van der Waals surface area (Å²) in [4.78, 5) is 9.84. The quantitative estimate of drug-likeness (QED) is 0.209. The molecule has 1 aromatic rings. The molecular weight excluding hydrogens is 501 g/mol. The number of alkyl halides is 13. The van der Waals surface area contributed by atoms with E-state index in [1.165, 1.54) is 0 Å². The van der Waals surface area contributed by atoms with Gasteiger partial charge in [-0.05, 0) is 25.0 Å². The number of ether oxygens (including phenoxy) is 1. The van der Waals surface area contributed by atoms with Crippen LogP contribution in [0.1, 0.15) is 17.5 Å². The van der Waals surface area contributed by atoms with Gasteiger partial charge in [-0.2, -0.15) is 57.1 Å². The van der Waals surface area contributed by atoms with Crippen LogP contribution in [0.25, 0.3) is 0 Å². The van der Waals surface area contributed by atoms with Gasteiger partial charge in [0.1, 0.15) is 5.75 Å². The number of benzene rings is 1. The molecule has 4 nitrogen and oxygen atoms in total. The van der Waals surface area contributed by atoms with Crippen molar-refractivity contribution < 1.29 is 66.7 Å². The van der Waals surface area contributed by atoms with Crippen LogP contribution >= 0.6 is 0 Å². The number of hydrogen-bond donors (Lipinski definition) is 0. The van der Waals surface area contributed by atoms with Gasteiger partial charge in [-0.1, -0.05) is 0 Å². The summed E-state index contributed by atoms with van der Waals surface area (Å²) in [5, 5.41) is 10.7. The van der Waals surface area contributed by atoms with Gasteiger partial charge in [0.15, 0.2) is 0 Å². The third-order valence-electron chi connectivity index (χ3n) is 4.32. The molecule has 0 spiro atoms. The third-order valence-corrected chi connectivity index (χ3v) is 4.32. The summed E-state index contributed by atoms with van der Waals surface area (Å²) < 4.78 is 174. The van der Waals surface area contributed by atoms with Crippen LogP contribution in [-0.2, 0) is 0 Å². The Bertz CT molecular complexity index is 873. The fourth-order valence-corrected chi connectivity index (χ4v) is 2.50. The molecule has 0 amide bonds. The minimum atomic E-state index is -7.96. The van der Waals surface area contributed by atoms with Crippen LogP contribution in [0.15, 0.2) is 12.1 Å². The van der Waals surface area contributed by atoms with Crippen LogP contribution in [0.3, 0.4) is 0 Å². The molecule has 190 valence electrons. The maximum atomic E-state index is 13.7. The van der Waals surface area contributed by atoms with Crippen molar-refractivity contribution in [2.75, 3.05) is 6.61 Å². The van der Waals surface area contributed by atoms with E-state index in [-0.39, 0.29) is 11.1 Å². The highest BCUT2D eigenvalue weighted by molar-refractivity contribution is 5.48. The second-order valence-corrected chi connectivity index (χ2v) is 6.76. The molecule has 17 heteroatoms. The van der Waals surface area contributed by atoms with Crippen molar-refractivity contribution >= 4 is 5.69 Å². The molecule has 0 fully saturated rings. The van der Waals surface area contributed by atoms with Gasteiger partial charge in [0.05, 0.1) is 18.0 Å². The number of halogens is 13. The van der Waals surface area contributed by atoms with Gasteiger partial charge in [0, 0.05) is 12.1 Å². The average molecular weight is 513 g/mol. The van der Waals surface area contributed by atoms with Crippen LogP contribution in [0.2, 0.25) is 0 Å². The van der Waals surface area contributed by atoms with E-state index in [1.807, 2.05) is 0 Å². The van der Waals surface area contributed by atoms with Crippen molar-refractivity contribution in [3.63, 3.8) is 0 Å². The fourth-order valence-electron chi connectivity index (χ4n) is 2.50. The smallest absolute Gasteiger partial charge is 0.460 e. The van der Waals surface area contributed by atoms with Crippen LogP contribution in [-0.4, -0.2) is 47.3 Å². The first-order valence-electron chi connectivity index (χ1n) is 8.30. The number of rotatable bonds is 9. The Morgan fingerprint density at radius 3 is 1.52 bits per heavy atom. The second kappa shape index (κ2) is 8.38. The summed E-state index contributed by atoms with van der Waals surface area (Å²) in [6, 6.07) is 1.70. The second-order valence-electron chi connectivity index (χ2n) is 6.76. The molecular formula is C16H12F13NO3. The maximum Gasteiger partial charge on any atom is 0.460 e. The van der Waals surface area contributed by atoms with Gasteiger partial charge in [-0.3, -0.25) is 10.1 Å². The molecule has 0 bridgehead atoms. The largest absolute Gasteiger partial charge is 0.493 e. The third kappa shape index (κ3) is 4.62. The normalized spacial score (nSPS) is 14.4. The molecule has 0 radical (unpaired) electrons. The average Bonchev–Trinajstić information content (AvgIpc) is 2.61. The van der Waals surface area contributed by atoms with Gasteiger partial charge in [-0.25, -0.2) is 0 Å². The minimum absolute atomic E-state index is 0.113. The van der Waals surface area contributed by atoms with Gasteiger partial charge in [0.25, 0.3) is 5.69 Å². The van der Waals surface area contributed by atoms with Crippen molar-refractivity contribution in [3.8, 4) is 5.75 Å². The number of hydrogen-bond acceptors (Lipinski definition) is 3. The summed E-state index contributed by atoms with van der Waals surface area (Å²) >= 11 is 0. The Morgan fingerprint density at radius 1 is 0.758 bits per heavy atom. The molecule has 0 unspecified atom stereocenters. The fraction of sp³-hybridized carbons (Fsp3) is 0.625. The Kier molecular flexibility index (Phi) is 7.25. The van der Waals surface area contributed by atoms with E-state index in [0.29, 0.717) is 0 Å². The summed E-state index contributed by atoms with van der Waals surface area (Å²) in [5.74, 6) is -37.7. The van der Waals surface area contributed by atoms with Crippen molar-refractivity contribution in [1.29, 1.82) is 0 Å². The number of nitro groups is 1. The minimum Gasteiger partial charge on any atom is -0.493 e. The van der Waals surface area contributed by atoms with Gasteiger partial charge in [0.2, 0.25) is 0 Å². The van der Waals surface area contributed by atoms with Crippen LogP contribution in [0.5, 0.6) is 5.75 Å². The molecule has 0 aliphatic heterocycles. The molecule has 1 aromatic carbocycles. The zero-order chi connectivity index (χ0) is 26.4. The molecule has 0 heterocycles. The molecule has 1 rings (SSSR count). The summed E-state index contributed by atoms with van der Waals surface area (Å²) in [5.41, 5.74) is -0.724. The van der Waals surface area contributed by atoms with Crippen molar-refractivity contribution in [3.05, 3.63) is 33.4 Å². The molecule has 0 aromatic heterocycles. The van der Waals surface area contributed by atoms with Crippen LogP contribution in [0, 0.1) is 24.0 Å². The number of non-ortho nitro benzene ring substituents is 1. The first-order chi connectivity index (χ1) is 14.5. The van der Waals surface area contributed by atoms with Gasteiger partial charge >= 0.3 is 35.8 Å². The summed E-state index contributed by atoms with van der Waals surface area (Å²) in [6.45, 7) is 0.630. The predicted octanol–water partition coefficient (Wildman–Crippen LogP) is 6.72. The van der Waals surface area contributed by atoms with E-state index in [1.54, 1.807) is 0 Å². The lowest BCUT2D eigenvalue weighted by Gasteiger charge is -2.39. The van der Waals surface area contributed by atoms with Crippen molar-refractivity contribution in [1.82, 2.24) is 0 Å². The monoisotopic (exact) mass is 513 g/mol. The van der Waals surface area contributed by atoms with E-state index in [4.69, 9.17) is 0 Å². The standard InChI is InChI=1S/C16H12F13NO3/c1-7-5-9(30(31)32)6-8(2)10(7)33-4-3-11(17,18)12(19,20)13(21,22)14(23,24)15(25,26)16(27,28)29/h5-6H,3-4H2,1-2H3. The highest BCUT2D eigenvalue weighted by atomic mass is 19.4. The van der Waals surface area contributed by atoms with Gasteiger partial charge < -0.3 is 4.74 Å². The van der Waals surface area contributed by atoms with E-state index >= 15 is 0 Å². The lowest BCUT2D eigenvalue weighted by Crippen LogP contribution is -2.70. The Balaban J connectivity index is 3.18. The van der Waals surface area contributed by atoms with E-state index < -0.39 is 65.2 Å². The molecule has 33 heavy (non-hydrogen) atoms. The molecule has 0 N–H and O–H groups in total. The first-order valence-corrected chi connectivity index (χ1v) is 8.30. The van der Waals surface area contributed by atoms with E-state index in [9.17, 15) is 67.2 Å². The molecule has 0 aliphatic carbocycles. The predicted molar refractivity (Wildman–Crippen MR) is 83.5 cm³/mol. The molecule has 0 saturated heterocycles. The lowest BCUT2D eigenvalue weighted by molar-refractivity contribution is -0.440. The van der Waals surface area contributed by atoms with E-state index in [2.05, 4.69) is 4.74 Å². The number of nitrogens with zero attached hydrogens (tertiary/aromatic N) is 1. The van der Waals surface area contributed by atoms with Gasteiger partial charge in [-0.15, -0.1) is 0 Å². The first kappa shape index (κ1) is 28.5.